The van der Waals surface area contributed by atoms with Crippen molar-refractivity contribution >= 4 is 43.9 Å². The summed E-state index contributed by atoms with van der Waals surface area (Å²) in [5.41, 5.74) is 1.00. The van der Waals surface area contributed by atoms with Gasteiger partial charge in [-0.05, 0) is 48.4 Å². The van der Waals surface area contributed by atoms with Crippen molar-refractivity contribution in [2.24, 2.45) is 5.14 Å². The monoisotopic (exact) mass is 484 g/mol. The van der Waals surface area contributed by atoms with Crippen LogP contribution in [0.1, 0.15) is 11.1 Å². The van der Waals surface area contributed by atoms with Gasteiger partial charge in [-0.2, -0.15) is 0 Å². The van der Waals surface area contributed by atoms with Gasteiger partial charge in [-0.15, -0.1) is 0 Å². The van der Waals surface area contributed by atoms with E-state index in [-0.39, 0.29) is 17.0 Å². The first-order valence-electron chi connectivity index (χ1n) is 8.33. The fraction of sp³-hybridized carbons (Fsp3) is 0.158. The Labute approximate surface area is 175 Å². The highest BCUT2D eigenvalue weighted by molar-refractivity contribution is 9.10. The van der Waals surface area contributed by atoms with Crippen LogP contribution >= 0.6 is 15.9 Å². The number of primary sulfonamides is 1. The highest BCUT2D eigenvalue weighted by Crippen LogP contribution is 2.16. The van der Waals surface area contributed by atoms with Crippen molar-refractivity contribution in [2.75, 3.05) is 13.2 Å². The highest BCUT2D eigenvalue weighted by Gasteiger charge is 2.08. The fourth-order valence-corrected chi connectivity index (χ4v) is 3.12. The molecule has 10 heteroatoms. The van der Waals surface area contributed by atoms with E-state index in [1.165, 1.54) is 36.4 Å². The zero-order valence-corrected chi connectivity index (χ0v) is 17.5. The van der Waals surface area contributed by atoms with Gasteiger partial charge in [0.2, 0.25) is 10.0 Å². The molecule has 0 spiro atoms. The fourth-order valence-electron chi connectivity index (χ4n) is 2.23. The molecule has 0 aliphatic carbocycles. The van der Waals surface area contributed by atoms with Gasteiger partial charge in [0.05, 0.1) is 4.90 Å². The van der Waals surface area contributed by atoms with Crippen molar-refractivity contribution in [1.82, 2.24) is 5.32 Å². The molecular formula is C19H18BrFN2O5S. The number of rotatable bonds is 8. The maximum absolute atomic E-state index is 13.6. The van der Waals surface area contributed by atoms with E-state index in [1.54, 1.807) is 12.1 Å². The number of sulfonamides is 1. The van der Waals surface area contributed by atoms with Crippen LogP contribution in [0.4, 0.5) is 4.39 Å². The van der Waals surface area contributed by atoms with Gasteiger partial charge in [0.1, 0.15) is 5.82 Å². The minimum absolute atomic E-state index is 0.00740. The Kier molecular flexibility index (Phi) is 8.06. The number of carbonyl (C=O) groups excluding carboxylic acids is 2. The van der Waals surface area contributed by atoms with E-state index in [9.17, 15) is 22.4 Å². The molecule has 2 rings (SSSR count). The van der Waals surface area contributed by atoms with Crippen LogP contribution < -0.4 is 10.5 Å². The Hall–Kier alpha value is -2.56. The summed E-state index contributed by atoms with van der Waals surface area (Å²) in [5, 5.41) is 7.59. The minimum atomic E-state index is -3.74. The minimum Gasteiger partial charge on any atom is -0.452 e. The molecule has 0 fully saturated rings. The van der Waals surface area contributed by atoms with Crippen molar-refractivity contribution in [3.63, 3.8) is 0 Å². The van der Waals surface area contributed by atoms with Crippen LogP contribution in [0.5, 0.6) is 0 Å². The second kappa shape index (κ2) is 10.3. The molecule has 7 nitrogen and oxygen atoms in total. The Morgan fingerprint density at radius 3 is 2.52 bits per heavy atom. The van der Waals surface area contributed by atoms with Gasteiger partial charge in [-0.25, -0.2) is 22.7 Å². The Bertz CT molecular complexity index is 1020. The topological polar surface area (TPSA) is 116 Å². The van der Waals surface area contributed by atoms with Crippen molar-refractivity contribution in [1.29, 1.82) is 0 Å². The van der Waals surface area contributed by atoms with Crippen molar-refractivity contribution < 1.29 is 27.1 Å². The molecule has 29 heavy (non-hydrogen) atoms. The third-order valence-electron chi connectivity index (χ3n) is 3.69. The summed E-state index contributed by atoms with van der Waals surface area (Å²) in [6.07, 6.45) is 2.74. The van der Waals surface area contributed by atoms with E-state index in [2.05, 4.69) is 21.2 Å². The van der Waals surface area contributed by atoms with Gasteiger partial charge in [0.15, 0.2) is 6.61 Å². The number of nitrogens with one attached hydrogen (secondary N) is 1. The summed E-state index contributed by atoms with van der Waals surface area (Å²) in [6, 6.07) is 10.2. The van der Waals surface area contributed by atoms with Gasteiger partial charge >= 0.3 is 5.97 Å². The molecule has 0 atom stereocenters. The molecule has 0 bridgehead atoms. The van der Waals surface area contributed by atoms with Crippen LogP contribution in [-0.2, 0) is 30.8 Å². The van der Waals surface area contributed by atoms with Gasteiger partial charge in [0.25, 0.3) is 5.91 Å². The second-order valence-corrected chi connectivity index (χ2v) is 8.37. The molecule has 0 aliphatic rings. The van der Waals surface area contributed by atoms with Crippen LogP contribution in [0.25, 0.3) is 6.08 Å². The average molecular weight is 485 g/mol. The number of nitrogens with two attached hydrogens (primary N) is 1. The van der Waals surface area contributed by atoms with Crippen molar-refractivity contribution in [3.8, 4) is 0 Å². The summed E-state index contributed by atoms with van der Waals surface area (Å²) in [5.74, 6) is -1.77. The van der Waals surface area contributed by atoms with E-state index in [0.29, 0.717) is 10.9 Å². The predicted molar refractivity (Wildman–Crippen MR) is 109 cm³/mol. The van der Waals surface area contributed by atoms with E-state index < -0.39 is 34.3 Å². The van der Waals surface area contributed by atoms with Gasteiger partial charge in [-0.1, -0.05) is 28.1 Å². The molecular weight excluding hydrogens is 467 g/mol. The Balaban J connectivity index is 1.73. The van der Waals surface area contributed by atoms with E-state index >= 15 is 0 Å². The second-order valence-electron chi connectivity index (χ2n) is 5.90. The summed E-state index contributed by atoms with van der Waals surface area (Å²) >= 11 is 3.20. The molecule has 0 heterocycles. The lowest BCUT2D eigenvalue weighted by Gasteiger charge is -2.06. The standard InChI is InChI=1S/C19H18BrFN2O5S/c20-15-4-7-17(21)14(11-15)3-8-19(25)28-12-18(24)23-10-9-13-1-5-16(6-2-13)29(22,26)27/h1-8,11H,9-10,12H2,(H,23,24)(H2,22,26,27)/b8-3+. The molecule has 1 amide bonds. The van der Waals surface area contributed by atoms with Crippen LogP contribution in [0.2, 0.25) is 0 Å². The van der Waals surface area contributed by atoms with E-state index in [1.807, 2.05) is 0 Å². The third-order valence-corrected chi connectivity index (χ3v) is 5.11. The maximum atomic E-state index is 13.6. The smallest absolute Gasteiger partial charge is 0.331 e. The van der Waals surface area contributed by atoms with Gasteiger partial charge in [0, 0.05) is 22.7 Å². The lowest BCUT2D eigenvalue weighted by atomic mass is 10.1. The molecule has 0 aromatic heterocycles. The number of hydrogen-bond acceptors (Lipinski definition) is 5. The predicted octanol–water partition coefficient (Wildman–Crippen LogP) is 2.15. The van der Waals surface area contributed by atoms with Crippen molar-refractivity contribution in [3.05, 3.63) is 70.0 Å². The Morgan fingerprint density at radius 1 is 1.17 bits per heavy atom. The number of amides is 1. The average Bonchev–Trinajstić information content (AvgIpc) is 2.67. The molecule has 2 aromatic carbocycles. The SMILES string of the molecule is NS(=O)(=O)c1ccc(CCNC(=O)COC(=O)/C=C/c2cc(Br)ccc2F)cc1. The first kappa shape index (κ1) is 22.7. The van der Waals surface area contributed by atoms with E-state index in [0.717, 1.165) is 11.6 Å². The number of benzene rings is 2. The zero-order valence-electron chi connectivity index (χ0n) is 15.1. The number of esters is 1. The van der Waals surface area contributed by atoms with Crippen molar-refractivity contribution in [2.45, 2.75) is 11.3 Å². The summed E-state index contributed by atoms with van der Waals surface area (Å²) in [6.45, 7) is -0.210. The van der Waals surface area contributed by atoms with E-state index in [4.69, 9.17) is 9.88 Å². The summed E-state index contributed by atoms with van der Waals surface area (Å²) < 4.78 is 41.4. The summed E-state index contributed by atoms with van der Waals surface area (Å²) in [7, 11) is -3.74. The zero-order chi connectivity index (χ0) is 21.4. The molecule has 0 unspecified atom stereocenters. The van der Waals surface area contributed by atoms with Crippen LogP contribution in [0.15, 0.2) is 57.9 Å². The number of carbonyl (C=O) groups is 2. The number of ether oxygens (including phenoxy) is 1. The molecule has 3 N–H and O–H groups in total. The lowest BCUT2D eigenvalue weighted by molar-refractivity contribution is -0.143. The molecule has 0 saturated heterocycles. The maximum Gasteiger partial charge on any atom is 0.331 e. The largest absolute Gasteiger partial charge is 0.452 e. The number of halogens is 2. The molecule has 0 aliphatic heterocycles. The van der Waals surface area contributed by atoms with Gasteiger partial charge in [-0.3, -0.25) is 4.79 Å². The highest BCUT2D eigenvalue weighted by atomic mass is 79.9. The molecule has 0 saturated carbocycles. The van der Waals surface area contributed by atoms with Crippen LogP contribution in [0.3, 0.4) is 0 Å². The molecule has 0 radical (unpaired) electrons. The van der Waals surface area contributed by atoms with Gasteiger partial charge < -0.3 is 10.1 Å². The molecule has 2 aromatic rings. The lowest BCUT2D eigenvalue weighted by Crippen LogP contribution is -2.30. The summed E-state index contributed by atoms with van der Waals surface area (Å²) in [4.78, 5) is 23.4. The number of hydrogen-bond donors (Lipinski definition) is 2. The first-order chi connectivity index (χ1) is 13.6. The van der Waals surface area contributed by atoms with Crippen LogP contribution in [0, 0.1) is 5.82 Å². The first-order valence-corrected chi connectivity index (χ1v) is 10.7. The quantitative estimate of drug-likeness (QED) is 0.439. The Morgan fingerprint density at radius 2 is 1.86 bits per heavy atom. The third kappa shape index (κ3) is 7.76. The van der Waals surface area contributed by atoms with Crippen LogP contribution in [-0.4, -0.2) is 33.4 Å². The normalized spacial score (nSPS) is 11.4. The molecule has 154 valence electrons.